The fourth-order valence-corrected chi connectivity index (χ4v) is 1.46. The van der Waals surface area contributed by atoms with Gasteiger partial charge in [0.05, 0.1) is 6.04 Å². The Bertz CT molecular complexity index is 124. The van der Waals surface area contributed by atoms with E-state index in [1.165, 1.54) is 0 Å². The second kappa shape index (κ2) is 1.32. The van der Waals surface area contributed by atoms with E-state index >= 15 is 0 Å². The molecule has 2 atom stereocenters. The third-order valence-corrected chi connectivity index (χ3v) is 2.08. The van der Waals surface area contributed by atoms with Gasteiger partial charge in [0, 0.05) is 12.5 Å². The summed E-state index contributed by atoms with van der Waals surface area (Å²) < 4.78 is 0. The lowest BCUT2D eigenvalue weighted by molar-refractivity contribution is -0.127. The quantitative estimate of drug-likeness (QED) is 0.479. The number of hydrogen-bond donors (Lipinski definition) is 1. The van der Waals surface area contributed by atoms with Gasteiger partial charge in [-0.2, -0.15) is 0 Å². The highest BCUT2D eigenvalue weighted by Crippen LogP contribution is 2.24. The van der Waals surface area contributed by atoms with Crippen LogP contribution in [0.25, 0.3) is 0 Å². The zero-order valence-electron chi connectivity index (χ0n) is 4.68. The minimum Gasteiger partial charge on any atom is -0.305 e. The van der Waals surface area contributed by atoms with E-state index < -0.39 is 0 Å². The van der Waals surface area contributed by atoms with Crippen molar-refractivity contribution in [2.24, 2.45) is 0 Å². The molecule has 44 valence electrons. The van der Waals surface area contributed by atoms with Gasteiger partial charge in [0.2, 0.25) is 0 Å². The highest BCUT2D eigenvalue weighted by atomic mass is 16.1. The summed E-state index contributed by atoms with van der Waals surface area (Å²) in [5, 5.41) is 3.18. The normalized spacial score (nSPS) is 43.8. The maximum absolute atomic E-state index is 10.8. The number of Topliss-reactive ketones (excluding diaryl/α,β-unsaturated/α-hetero) is 1. The molecule has 3 rings (SSSR count). The van der Waals surface area contributed by atoms with Crippen molar-refractivity contribution < 1.29 is 4.79 Å². The van der Waals surface area contributed by atoms with Gasteiger partial charge in [-0.25, -0.2) is 0 Å². The number of ketones is 1. The van der Waals surface area contributed by atoms with Crippen molar-refractivity contribution in [3.05, 3.63) is 0 Å². The van der Waals surface area contributed by atoms with Crippen molar-refractivity contribution in [1.29, 1.82) is 0 Å². The van der Waals surface area contributed by atoms with E-state index in [4.69, 9.17) is 0 Å². The van der Waals surface area contributed by atoms with Crippen LogP contribution in [-0.2, 0) is 4.79 Å². The second-order valence-electron chi connectivity index (χ2n) is 2.66. The summed E-state index contributed by atoms with van der Waals surface area (Å²) in [7, 11) is 0. The van der Waals surface area contributed by atoms with Crippen LogP contribution in [0.2, 0.25) is 0 Å². The van der Waals surface area contributed by atoms with Crippen LogP contribution in [0, 0.1) is 0 Å². The third kappa shape index (κ3) is 0.436. The van der Waals surface area contributed by atoms with Gasteiger partial charge in [-0.3, -0.25) is 4.79 Å². The van der Waals surface area contributed by atoms with Crippen molar-refractivity contribution in [1.82, 2.24) is 5.32 Å². The lowest BCUT2D eigenvalue weighted by Gasteiger charge is -2.41. The van der Waals surface area contributed by atoms with E-state index in [-0.39, 0.29) is 6.04 Å². The zero-order valence-corrected chi connectivity index (χ0v) is 4.68. The molecule has 2 nitrogen and oxygen atoms in total. The number of carbonyl (C=O) groups is 1. The van der Waals surface area contributed by atoms with Crippen molar-refractivity contribution in [2.45, 2.75) is 31.3 Å². The Kier molecular flexibility index (Phi) is 0.742. The predicted octanol–water partition coefficient (Wildman–Crippen LogP) is 0.0798. The Balaban J connectivity index is 2.10. The monoisotopic (exact) mass is 111 g/mol. The van der Waals surface area contributed by atoms with E-state index in [1.54, 1.807) is 0 Å². The molecular weight excluding hydrogens is 102 g/mol. The first-order chi connectivity index (χ1) is 3.86. The molecule has 2 heterocycles. The highest BCUT2D eigenvalue weighted by Gasteiger charge is 2.37. The largest absolute Gasteiger partial charge is 0.305 e. The van der Waals surface area contributed by atoms with Crippen LogP contribution in [0.15, 0.2) is 0 Å². The summed E-state index contributed by atoms with van der Waals surface area (Å²) in [6, 6.07) is 0.950. The lowest BCUT2D eigenvalue weighted by atomic mass is 9.82. The minimum atomic E-state index is 0.258. The molecular formula is C6H9NO. The molecule has 0 spiro atoms. The maximum atomic E-state index is 10.8. The van der Waals surface area contributed by atoms with Crippen LogP contribution in [0.4, 0.5) is 0 Å². The summed E-state index contributed by atoms with van der Waals surface area (Å²) in [6.45, 7) is 0. The molecule has 0 aromatic rings. The summed E-state index contributed by atoms with van der Waals surface area (Å²) in [5.74, 6) is 0.424. The first kappa shape index (κ1) is 4.50. The fourth-order valence-electron chi connectivity index (χ4n) is 1.46. The molecule has 1 aliphatic carbocycles. The van der Waals surface area contributed by atoms with E-state index in [2.05, 4.69) is 5.32 Å². The molecule has 2 aliphatic heterocycles. The average molecular weight is 111 g/mol. The summed E-state index contributed by atoms with van der Waals surface area (Å²) in [5.41, 5.74) is 0. The third-order valence-electron chi connectivity index (χ3n) is 2.08. The molecule has 3 aliphatic rings. The Morgan fingerprint density at radius 3 is 2.62 bits per heavy atom. The molecule has 2 saturated heterocycles. The van der Waals surface area contributed by atoms with Crippen molar-refractivity contribution in [2.75, 3.05) is 0 Å². The molecule has 1 saturated carbocycles. The van der Waals surface area contributed by atoms with Crippen LogP contribution < -0.4 is 5.32 Å². The highest BCUT2D eigenvalue weighted by molar-refractivity contribution is 5.86. The first-order valence-corrected chi connectivity index (χ1v) is 3.15. The number of carbonyl (C=O) groups excluding carboxylic acids is 1. The van der Waals surface area contributed by atoms with Gasteiger partial charge in [-0.05, 0) is 12.8 Å². The predicted molar refractivity (Wildman–Crippen MR) is 29.6 cm³/mol. The summed E-state index contributed by atoms with van der Waals surface area (Å²) in [4.78, 5) is 10.8. The number of hydrogen-bond acceptors (Lipinski definition) is 2. The standard InChI is InChI=1S/C6H9NO/c8-6-2-1-4-3-5(6)7-4/h4-5,7H,1-3H2. The van der Waals surface area contributed by atoms with E-state index in [0.717, 1.165) is 19.3 Å². The molecule has 1 N–H and O–H groups in total. The topological polar surface area (TPSA) is 29.1 Å². The lowest BCUT2D eigenvalue weighted by Crippen LogP contribution is -2.60. The molecule has 0 radical (unpaired) electrons. The van der Waals surface area contributed by atoms with Crippen LogP contribution in [0.3, 0.4) is 0 Å². The maximum Gasteiger partial charge on any atom is 0.149 e. The number of piperidine rings is 1. The minimum absolute atomic E-state index is 0.258. The van der Waals surface area contributed by atoms with Gasteiger partial charge in [-0.1, -0.05) is 0 Å². The van der Waals surface area contributed by atoms with Gasteiger partial charge in [0.25, 0.3) is 0 Å². The van der Waals surface area contributed by atoms with E-state index in [9.17, 15) is 4.79 Å². The fraction of sp³-hybridized carbons (Fsp3) is 0.833. The van der Waals surface area contributed by atoms with E-state index in [0.29, 0.717) is 11.8 Å². The van der Waals surface area contributed by atoms with Crippen molar-refractivity contribution >= 4 is 5.78 Å². The van der Waals surface area contributed by atoms with E-state index in [1.807, 2.05) is 0 Å². The summed E-state index contributed by atoms with van der Waals surface area (Å²) >= 11 is 0. The molecule has 0 aromatic carbocycles. The Labute approximate surface area is 48.3 Å². The van der Waals surface area contributed by atoms with Gasteiger partial charge >= 0.3 is 0 Å². The Hall–Kier alpha value is -0.370. The molecule has 8 heavy (non-hydrogen) atoms. The number of rotatable bonds is 0. The first-order valence-electron chi connectivity index (χ1n) is 3.15. The second-order valence-corrected chi connectivity index (χ2v) is 2.66. The molecule has 0 amide bonds. The smallest absolute Gasteiger partial charge is 0.149 e. The van der Waals surface area contributed by atoms with Gasteiger partial charge in [-0.15, -0.1) is 0 Å². The van der Waals surface area contributed by atoms with Crippen LogP contribution in [0.1, 0.15) is 19.3 Å². The number of fused-ring (bicyclic) bond motifs is 2. The van der Waals surface area contributed by atoms with Gasteiger partial charge in [0.15, 0.2) is 0 Å². The Morgan fingerprint density at radius 2 is 2.38 bits per heavy atom. The molecule has 2 unspecified atom stereocenters. The van der Waals surface area contributed by atoms with Crippen molar-refractivity contribution in [3.63, 3.8) is 0 Å². The number of nitrogens with one attached hydrogen (secondary N) is 1. The summed E-state index contributed by atoms with van der Waals surface area (Å²) in [6.07, 6.45) is 3.01. The molecule has 2 bridgehead atoms. The van der Waals surface area contributed by atoms with Crippen LogP contribution in [0.5, 0.6) is 0 Å². The zero-order chi connectivity index (χ0) is 5.56. The average Bonchev–Trinajstić information content (AvgIpc) is 1.62. The van der Waals surface area contributed by atoms with Crippen LogP contribution in [-0.4, -0.2) is 17.9 Å². The molecule has 3 fully saturated rings. The SMILES string of the molecule is O=C1CCC2CC1N2. The van der Waals surface area contributed by atoms with Gasteiger partial charge in [0.1, 0.15) is 5.78 Å². The van der Waals surface area contributed by atoms with Gasteiger partial charge < -0.3 is 5.32 Å². The van der Waals surface area contributed by atoms with Crippen LogP contribution >= 0.6 is 0 Å². The molecule has 2 heteroatoms. The van der Waals surface area contributed by atoms with Crippen molar-refractivity contribution in [3.8, 4) is 0 Å². The Morgan fingerprint density at radius 1 is 1.62 bits per heavy atom. The molecule has 0 aromatic heterocycles.